The number of aliphatic hydroxyl groups excluding tert-OH is 1. The van der Waals surface area contributed by atoms with Gasteiger partial charge in [0.2, 0.25) is 0 Å². The van der Waals surface area contributed by atoms with Crippen LogP contribution in [0.15, 0.2) is 35.1 Å². The average molecular weight is 237 g/mol. The summed E-state index contributed by atoms with van der Waals surface area (Å²) in [4.78, 5) is 10.4. The monoisotopic (exact) mass is 237 g/mol. The number of hydrogen-bond acceptors (Lipinski definition) is 4. The smallest absolute Gasteiger partial charge is 0.143 e. The molecule has 0 saturated heterocycles. The molecule has 0 radical (unpaired) electrons. The van der Waals surface area contributed by atoms with E-state index < -0.39 is 6.10 Å². The first-order valence-electron chi connectivity index (χ1n) is 5.73. The molecule has 0 amide bonds. The lowest BCUT2D eigenvalue weighted by atomic mass is 9.94. The van der Waals surface area contributed by atoms with E-state index in [4.69, 9.17) is 10.5 Å². The standard InChI is InChI=1S/C13H19NO3/c1-10(5-7-15)12-4-3-11(9-13(12)16)17-8-2-6-14/h3-5,7,13,16H,2,6,8-9,14H2,1H3/b10-5-. The quantitative estimate of drug-likeness (QED) is 0.412. The maximum atomic E-state index is 10.4. The Hall–Kier alpha value is -1.39. The molecular formula is C13H19NO3. The first kappa shape index (κ1) is 13.7. The molecule has 0 aromatic rings. The van der Waals surface area contributed by atoms with Crippen molar-refractivity contribution in [3.63, 3.8) is 0 Å². The Kier molecular flexibility index (Phi) is 5.66. The summed E-state index contributed by atoms with van der Waals surface area (Å²) >= 11 is 0. The highest BCUT2D eigenvalue weighted by Crippen LogP contribution is 2.24. The zero-order chi connectivity index (χ0) is 12.7. The van der Waals surface area contributed by atoms with Crippen LogP contribution in [0.4, 0.5) is 0 Å². The zero-order valence-corrected chi connectivity index (χ0v) is 10.1. The number of aliphatic hydroxyl groups is 1. The summed E-state index contributed by atoms with van der Waals surface area (Å²) in [7, 11) is 0. The van der Waals surface area contributed by atoms with E-state index in [2.05, 4.69) is 0 Å². The Morgan fingerprint density at radius 1 is 1.65 bits per heavy atom. The number of carbonyl (C=O) groups is 1. The molecule has 0 saturated carbocycles. The van der Waals surface area contributed by atoms with Gasteiger partial charge in [0.25, 0.3) is 0 Å². The molecule has 1 rings (SSSR count). The molecule has 0 aromatic heterocycles. The summed E-state index contributed by atoms with van der Waals surface area (Å²) in [6, 6.07) is 0. The minimum absolute atomic E-state index is 0.445. The van der Waals surface area contributed by atoms with E-state index in [-0.39, 0.29) is 0 Å². The maximum absolute atomic E-state index is 10.4. The third-order valence-corrected chi connectivity index (χ3v) is 2.61. The largest absolute Gasteiger partial charge is 0.498 e. The fourth-order valence-corrected chi connectivity index (χ4v) is 1.65. The van der Waals surface area contributed by atoms with Crippen LogP contribution in [0.2, 0.25) is 0 Å². The van der Waals surface area contributed by atoms with Crippen LogP contribution < -0.4 is 5.73 Å². The third kappa shape index (κ3) is 4.17. The molecular weight excluding hydrogens is 218 g/mol. The van der Waals surface area contributed by atoms with Crippen molar-refractivity contribution in [2.45, 2.75) is 25.9 Å². The molecule has 17 heavy (non-hydrogen) atoms. The van der Waals surface area contributed by atoms with E-state index in [0.29, 0.717) is 19.6 Å². The molecule has 1 aliphatic carbocycles. The second-order valence-corrected chi connectivity index (χ2v) is 3.95. The molecule has 94 valence electrons. The average Bonchev–Trinajstić information content (AvgIpc) is 2.29. The van der Waals surface area contributed by atoms with Gasteiger partial charge in [-0.3, -0.25) is 4.79 Å². The van der Waals surface area contributed by atoms with Gasteiger partial charge in [-0.15, -0.1) is 0 Å². The van der Waals surface area contributed by atoms with Crippen molar-refractivity contribution >= 4 is 6.29 Å². The van der Waals surface area contributed by atoms with Crippen LogP contribution in [0, 0.1) is 0 Å². The molecule has 0 fully saturated rings. The van der Waals surface area contributed by atoms with E-state index in [1.54, 1.807) is 13.0 Å². The topological polar surface area (TPSA) is 72.5 Å². The van der Waals surface area contributed by atoms with Crippen LogP contribution in [-0.4, -0.2) is 30.6 Å². The minimum atomic E-state index is -0.607. The summed E-state index contributed by atoms with van der Waals surface area (Å²) in [6.45, 7) is 2.97. The van der Waals surface area contributed by atoms with Gasteiger partial charge in [0.1, 0.15) is 6.29 Å². The Morgan fingerprint density at radius 3 is 3.00 bits per heavy atom. The SMILES string of the molecule is C/C(=C/C=O)C1=CC=C(OCCCN)CC1O. The first-order chi connectivity index (χ1) is 8.19. The lowest BCUT2D eigenvalue weighted by molar-refractivity contribution is -0.104. The minimum Gasteiger partial charge on any atom is -0.498 e. The van der Waals surface area contributed by atoms with Gasteiger partial charge in [0.15, 0.2) is 0 Å². The fourth-order valence-electron chi connectivity index (χ4n) is 1.65. The lowest BCUT2D eigenvalue weighted by Crippen LogP contribution is -2.17. The molecule has 1 unspecified atom stereocenters. The van der Waals surface area contributed by atoms with Crippen molar-refractivity contribution in [3.8, 4) is 0 Å². The number of ether oxygens (including phenoxy) is 1. The fraction of sp³-hybridized carbons (Fsp3) is 0.462. The number of nitrogens with two attached hydrogens (primary N) is 1. The summed E-state index contributed by atoms with van der Waals surface area (Å²) < 4.78 is 5.47. The highest BCUT2D eigenvalue weighted by Gasteiger charge is 2.18. The second kappa shape index (κ2) is 7.04. The van der Waals surface area contributed by atoms with E-state index >= 15 is 0 Å². The first-order valence-corrected chi connectivity index (χ1v) is 5.73. The van der Waals surface area contributed by atoms with Crippen LogP contribution >= 0.6 is 0 Å². The van der Waals surface area contributed by atoms with Crippen LogP contribution in [-0.2, 0) is 9.53 Å². The van der Waals surface area contributed by atoms with E-state index in [1.807, 2.05) is 6.08 Å². The molecule has 4 nitrogen and oxygen atoms in total. The Morgan fingerprint density at radius 2 is 2.41 bits per heavy atom. The van der Waals surface area contributed by atoms with Crippen molar-refractivity contribution < 1.29 is 14.6 Å². The summed E-state index contributed by atoms with van der Waals surface area (Å²) in [5.41, 5.74) is 6.91. The highest BCUT2D eigenvalue weighted by molar-refractivity contribution is 5.68. The highest BCUT2D eigenvalue weighted by atomic mass is 16.5. The number of rotatable bonds is 6. The number of carbonyl (C=O) groups excluding carboxylic acids is 1. The normalized spacial score (nSPS) is 20.6. The van der Waals surface area contributed by atoms with Gasteiger partial charge in [-0.1, -0.05) is 6.08 Å². The van der Waals surface area contributed by atoms with Gasteiger partial charge in [0.05, 0.1) is 18.5 Å². The van der Waals surface area contributed by atoms with Crippen LogP contribution in [0.25, 0.3) is 0 Å². The number of aldehydes is 1. The van der Waals surface area contributed by atoms with Crippen molar-refractivity contribution in [1.29, 1.82) is 0 Å². The molecule has 0 aliphatic heterocycles. The molecule has 1 aliphatic rings. The van der Waals surface area contributed by atoms with Gasteiger partial charge >= 0.3 is 0 Å². The van der Waals surface area contributed by atoms with E-state index in [1.165, 1.54) is 6.08 Å². The predicted octanol–water partition coefficient (Wildman–Crippen LogP) is 1.07. The molecule has 0 heterocycles. The molecule has 0 aromatic carbocycles. The number of hydrogen-bond donors (Lipinski definition) is 2. The third-order valence-electron chi connectivity index (χ3n) is 2.61. The Labute approximate surface area is 101 Å². The summed E-state index contributed by atoms with van der Waals surface area (Å²) in [6.07, 6.45) is 6.43. The van der Waals surface area contributed by atoms with Crippen molar-refractivity contribution in [3.05, 3.63) is 35.1 Å². The van der Waals surface area contributed by atoms with Gasteiger partial charge in [-0.2, -0.15) is 0 Å². The van der Waals surface area contributed by atoms with Crippen molar-refractivity contribution in [1.82, 2.24) is 0 Å². The van der Waals surface area contributed by atoms with Gasteiger partial charge in [0, 0.05) is 6.42 Å². The Balaban J connectivity index is 2.65. The van der Waals surface area contributed by atoms with E-state index in [0.717, 1.165) is 29.6 Å². The molecule has 0 bridgehead atoms. The van der Waals surface area contributed by atoms with Crippen molar-refractivity contribution in [2.75, 3.05) is 13.2 Å². The van der Waals surface area contributed by atoms with Crippen molar-refractivity contribution in [2.24, 2.45) is 5.73 Å². The second-order valence-electron chi connectivity index (χ2n) is 3.95. The van der Waals surface area contributed by atoms with Crippen LogP contribution in [0.3, 0.4) is 0 Å². The van der Waals surface area contributed by atoms with Gasteiger partial charge < -0.3 is 15.6 Å². The molecule has 1 atom stereocenters. The molecule has 3 N–H and O–H groups in total. The predicted molar refractivity (Wildman–Crippen MR) is 66.2 cm³/mol. The van der Waals surface area contributed by atoms with Gasteiger partial charge in [-0.05, 0) is 43.2 Å². The summed E-state index contributed by atoms with van der Waals surface area (Å²) in [5, 5.41) is 9.92. The molecule has 0 spiro atoms. The molecule has 4 heteroatoms. The van der Waals surface area contributed by atoms with Crippen LogP contribution in [0.1, 0.15) is 19.8 Å². The zero-order valence-electron chi connectivity index (χ0n) is 10.1. The maximum Gasteiger partial charge on any atom is 0.143 e. The summed E-state index contributed by atoms with van der Waals surface area (Å²) in [5.74, 6) is 0.758. The van der Waals surface area contributed by atoms with Gasteiger partial charge in [-0.25, -0.2) is 0 Å². The van der Waals surface area contributed by atoms with E-state index in [9.17, 15) is 9.90 Å². The Bertz CT molecular complexity index is 356. The lowest BCUT2D eigenvalue weighted by Gasteiger charge is -2.21. The number of allylic oxidation sites excluding steroid dienone is 3. The van der Waals surface area contributed by atoms with Crippen LogP contribution in [0.5, 0.6) is 0 Å².